The van der Waals surface area contributed by atoms with Crippen molar-refractivity contribution >= 4 is 18.0 Å². The first-order valence-electron chi connectivity index (χ1n) is 8.04. The molecule has 0 aromatic carbocycles. The summed E-state index contributed by atoms with van der Waals surface area (Å²) < 4.78 is 0. The first-order chi connectivity index (χ1) is 11.8. The van der Waals surface area contributed by atoms with Gasteiger partial charge in [-0.25, -0.2) is 4.99 Å². The second-order valence-corrected chi connectivity index (χ2v) is 6.29. The van der Waals surface area contributed by atoms with Crippen molar-refractivity contribution in [3.63, 3.8) is 0 Å². The molecular formula is C18H18N6. The van der Waals surface area contributed by atoms with E-state index in [0.29, 0.717) is 0 Å². The Balaban J connectivity index is 1.56. The third-order valence-corrected chi connectivity index (χ3v) is 4.31. The number of nitrogens with zero attached hydrogens (tertiary/aromatic N) is 5. The summed E-state index contributed by atoms with van der Waals surface area (Å²) in [5.41, 5.74) is 1.94. The normalized spacial score (nSPS) is 24.8. The average molecular weight is 318 g/mol. The Morgan fingerprint density at radius 1 is 0.792 bits per heavy atom. The molecule has 120 valence electrons. The summed E-state index contributed by atoms with van der Waals surface area (Å²) in [5.74, 6) is 0. The molecule has 0 saturated heterocycles. The van der Waals surface area contributed by atoms with E-state index in [9.17, 15) is 0 Å². The molecule has 24 heavy (non-hydrogen) atoms. The molecule has 4 aliphatic heterocycles. The molecule has 0 unspecified atom stereocenters. The van der Waals surface area contributed by atoms with Gasteiger partial charge in [0.2, 0.25) is 0 Å². The van der Waals surface area contributed by atoms with Crippen molar-refractivity contribution in [2.45, 2.75) is 0 Å². The number of allylic oxidation sites excluding steroid dienone is 2. The van der Waals surface area contributed by atoms with Gasteiger partial charge in [-0.15, -0.1) is 0 Å². The van der Waals surface area contributed by atoms with Crippen molar-refractivity contribution in [2.75, 3.05) is 20.0 Å². The molecule has 5 heterocycles. The molecule has 6 nitrogen and oxygen atoms in total. The number of H-pyrrole nitrogens is 1. The first-order valence-corrected chi connectivity index (χ1v) is 8.04. The zero-order valence-corrected chi connectivity index (χ0v) is 13.2. The Kier molecular flexibility index (Phi) is 2.88. The van der Waals surface area contributed by atoms with E-state index >= 15 is 0 Å². The zero-order valence-electron chi connectivity index (χ0n) is 13.2. The lowest BCUT2D eigenvalue weighted by Gasteiger charge is -2.25. The van der Waals surface area contributed by atoms with Crippen LogP contribution in [0.2, 0.25) is 0 Å². The number of nitrogens with one attached hydrogen (secondary N) is 1. The van der Waals surface area contributed by atoms with Crippen molar-refractivity contribution in [3.8, 4) is 0 Å². The molecule has 0 radical (unpaired) electrons. The summed E-state index contributed by atoms with van der Waals surface area (Å²) in [5, 5.41) is 2.15. The fraction of sp³-hybridized carbons (Fsp3) is 0.167. The fourth-order valence-corrected chi connectivity index (χ4v) is 3.20. The van der Waals surface area contributed by atoms with Crippen LogP contribution in [-0.4, -0.2) is 50.3 Å². The Labute approximate surface area is 140 Å². The van der Waals surface area contributed by atoms with Gasteiger partial charge in [0.25, 0.3) is 0 Å². The van der Waals surface area contributed by atoms with Crippen LogP contribution in [0.15, 0.2) is 66.0 Å². The number of aliphatic imine (C=N–C) groups is 1. The molecule has 0 saturated carbocycles. The quantitative estimate of drug-likeness (QED) is 0.754. The van der Waals surface area contributed by atoms with Crippen molar-refractivity contribution in [1.82, 2.24) is 24.6 Å². The van der Waals surface area contributed by atoms with E-state index in [0.717, 1.165) is 42.1 Å². The van der Waals surface area contributed by atoms with Gasteiger partial charge in [-0.1, -0.05) is 0 Å². The molecule has 0 atom stereocenters. The number of aromatic amines is 1. The van der Waals surface area contributed by atoms with Gasteiger partial charge >= 0.3 is 0 Å². The van der Waals surface area contributed by atoms with E-state index in [1.807, 2.05) is 6.08 Å². The molecule has 0 amide bonds. The van der Waals surface area contributed by atoms with Crippen LogP contribution in [0.1, 0.15) is 0 Å². The van der Waals surface area contributed by atoms with Crippen molar-refractivity contribution in [3.05, 3.63) is 71.7 Å². The fourth-order valence-electron chi connectivity index (χ4n) is 3.20. The Morgan fingerprint density at radius 2 is 1.54 bits per heavy atom. The maximum Gasteiger partial charge on any atom is 0.0953 e. The van der Waals surface area contributed by atoms with E-state index in [2.05, 4.69) is 91.1 Å². The maximum absolute atomic E-state index is 4.66. The standard InChI is InChI=1S/C18H18N6/c1-3-17-10-21-5-7-23(12-21)14-24-8-6-22(13-24)11-18-4-2-16(20-18)9-15(1)19-17/h1-11,19H,12-14H2/b15-9-,17-10?,18-11-. The third kappa shape index (κ3) is 2.52. The molecule has 0 aliphatic carbocycles. The smallest absolute Gasteiger partial charge is 0.0953 e. The van der Waals surface area contributed by atoms with Crippen LogP contribution in [0.25, 0.3) is 12.3 Å². The second kappa shape index (κ2) is 5.19. The minimum absolute atomic E-state index is 0.845. The van der Waals surface area contributed by atoms with Crippen LogP contribution < -0.4 is 10.7 Å². The summed E-state index contributed by atoms with van der Waals surface area (Å²) in [6.07, 6.45) is 18.8. The van der Waals surface area contributed by atoms with E-state index in [1.165, 1.54) is 0 Å². The summed E-state index contributed by atoms with van der Waals surface area (Å²) >= 11 is 0. The molecule has 0 spiro atoms. The van der Waals surface area contributed by atoms with Crippen LogP contribution >= 0.6 is 0 Å². The van der Waals surface area contributed by atoms with E-state index in [1.54, 1.807) is 0 Å². The van der Waals surface area contributed by atoms with E-state index in [4.69, 9.17) is 0 Å². The molecule has 1 aromatic heterocycles. The summed E-state index contributed by atoms with van der Waals surface area (Å²) in [7, 11) is 0. The van der Waals surface area contributed by atoms with E-state index < -0.39 is 0 Å². The number of hydrogen-bond acceptors (Lipinski definition) is 5. The molecule has 4 aliphatic rings. The number of hydrogen-bond donors (Lipinski definition) is 1. The van der Waals surface area contributed by atoms with Gasteiger partial charge in [0.15, 0.2) is 0 Å². The Bertz CT molecular complexity index is 929. The minimum atomic E-state index is 0.845. The molecule has 5 rings (SSSR count). The maximum atomic E-state index is 4.66. The van der Waals surface area contributed by atoms with Gasteiger partial charge in [-0.2, -0.15) is 0 Å². The molecule has 6 heteroatoms. The Hall–Kier alpha value is -3.15. The van der Waals surface area contributed by atoms with E-state index in [-0.39, 0.29) is 0 Å². The molecule has 1 N–H and O–H groups in total. The van der Waals surface area contributed by atoms with Crippen LogP contribution in [0.5, 0.6) is 0 Å². The topological polar surface area (TPSA) is 41.1 Å². The van der Waals surface area contributed by atoms with Crippen LogP contribution in [-0.2, 0) is 0 Å². The predicted molar refractivity (Wildman–Crippen MR) is 93.9 cm³/mol. The molecule has 8 bridgehead atoms. The molecule has 1 aromatic rings. The average Bonchev–Trinajstić information content (AvgIpc) is 3.32. The molecular weight excluding hydrogens is 300 g/mol. The zero-order chi connectivity index (χ0) is 15.9. The minimum Gasteiger partial charge on any atom is -0.354 e. The van der Waals surface area contributed by atoms with Gasteiger partial charge < -0.3 is 24.6 Å². The molecule has 0 fully saturated rings. The van der Waals surface area contributed by atoms with Crippen molar-refractivity contribution < 1.29 is 0 Å². The largest absolute Gasteiger partial charge is 0.354 e. The highest BCUT2D eigenvalue weighted by molar-refractivity contribution is 6.19. The summed E-state index contributed by atoms with van der Waals surface area (Å²) in [4.78, 5) is 17.0. The highest BCUT2D eigenvalue weighted by Gasteiger charge is 2.17. The van der Waals surface area contributed by atoms with Crippen LogP contribution in [0, 0.1) is 0 Å². The van der Waals surface area contributed by atoms with Gasteiger partial charge in [-0.05, 0) is 30.4 Å². The third-order valence-electron chi connectivity index (χ3n) is 4.31. The lowest BCUT2D eigenvalue weighted by molar-refractivity contribution is 0.193. The number of aromatic nitrogens is 1. The highest BCUT2D eigenvalue weighted by Crippen LogP contribution is 2.16. The second-order valence-electron chi connectivity index (χ2n) is 6.29. The number of rotatable bonds is 0. The van der Waals surface area contributed by atoms with Gasteiger partial charge in [0.1, 0.15) is 0 Å². The van der Waals surface area contributed by atoms with Gasteiger partial charge in [-0.3, -0.25) is 0 Å². The lowest BCUT2D eigenvalue weighted by Crippen LogP contribution is -2.34. The van der Waals surface area contributed by atoms with Crippen molar-refractivity contribution in [2.24, 2.45) is 4.99 Å². The van der Waals surface area contributed by atoms with Crippen molar-refractivity contribution in [1.29, 1.82) is 0 Å². The predicted octanol–water partition coefficient (Wildman–Crippen LogP) is 0.449. The van der Waals surface area contributed by atoms with Gasteiger partial charge in [0.05, 0.1) is 36.8 Å². The SMILES string of the molecule is C1=C/C2=C/N3C=CN(C3)CN3C=CN(C=c4cc/c([nH]4)=C/C1=N2)C3. The van der Waals surface area contributed by atoms with Crippen LogP contribution in [0.4, 0.5) is 0 Å². The number of fused-ring (bicyclic) bond motifs is 7. The lowest BCUT2D eigenvalue weighted by atomic mass is 10.3. The monoisotopic (exact) mass is 318 g/mol. The summed E-state index contributed by atoms with van der Waals surface area (Å²) in [6, 6.07) is 4.18. The van der Waals surface area contributed by atoms with Gasteiger partial charge in [0, 0.05) is 42.5 Å². The highest BCUT2D eigenvalue weighted by atomic mass is 15.4. The van der Waals surface area contributed by atoms with Crippen LogP contribution in [0.3, 0.4) is 0 Å². The summed E-state index contributed by atoms with van der Waals surface area (Å²) in [6.45, 7) is 2.57. The first kappa shape index (κ1) is 13.3. The Morgan fingerprint density at radius 3 is 2.38 bits per heavy atom.